The zero-order chi connectivity index (χ0) is 20.1. The number of ketones is 2. The third kappa shape index (κ3) is 10.3. The van der Waals surface area contributed by atoms with E-state index in [1.54, 1.807) is 6.92 Å². The second-order valence-electron chi connectivity index (χ2n) is 6.42. The van der Waals surface area contributed by atoms with E-state index in [0.717, 1.165) is 24.0 Å². The summed E-state index contributed by atoms with van der Waals surface area (Å²) < 4.78 is 0. The van der Waals surface area contributed by atoms with E-state index < -0.39 is 0 Å². The molecule has 3 rings (SSSR count). The Balaban J connectivity index is 0. The quantitative estimate of drug-likeness (QED) is 0.570. The summed E-state index contributed by atoms with van der Waals surface area (Å²) in [6.45, 7) is 7.69. The standard InChI is InChI=1S/C14H15O.C9H10O.C2H6.2H2/c1-11-5-7-12(8-6-11)3-2-4-14(15)13-9-10-13;1-8(10)7-9-5-3-2-4-6-9;1-2;;/h5-10H,2-4H2,1H3;2-6H,7H2,1H3;1-2H3;2*1H. The van der Waals surface area contributed by atoms with Crippen molar-refractivity contribution in [3.05, 3.63) is 89.4 Å². The van der Waals surface area contributed by atoms with E-state index in [9.17, 15) is 9.59 Å². The third-order valence-corrected chi connectivity index (χ3v) is 3.94. The van der Waals surface area contributed by atoms with E-state index in [1.165, 1.54) is 11.1 Å². The highest BCUT2D eigenvalue weighted by Gasteiger charge is 2.16. The van der Waals surface area contributed by atoms with Gasteiger partial charge in [0.2, 0.25) is 0 Å². The molecule has 147 valence electrons. The lowest BCUT2D eigenvalue weighted by Crippen LogP contribution is -1.96. The summed E-state index contributed by atoms with van der Waals surface area (Å²) in [7, 11) is 0. The Morgan fingerprint density at radius 2 is 1.48 bits per heavy atom. The van der Waals surface area contributed by atoms with Gasteiger partial charge in [0, 0.05) is 22.1 Å². The largest absolute Gasteiger partial charge is 0.300 e. The summed E-state index contributed by atoms with van der Waals surface area (Å²) in [6.07, 6.45) is 6.95. The SMILES string of the molecule is CC.CC(=O)Cc1ccccc1.Cc1ccc(CCCC(=O)C2=C[CH]2)cc1.[HH].[HH]. The van der Waals surface area contributed by atoms with Crippen molar-refractivity contribution in [2.75, 3.05) is 0 Å². The van der Waals surface area contributed by atoms with Crippen LogP contribution in [-0.2, 0) is 22.4 Å². The first kappa shape index (κ1) is 22.6. The highest BCUT2D eigenvalue weighted by molar-refractivity contribution is 6.02. The number of carbonyl (C=O) groups excluding carboxylic acids is 2. The fourth-order valence-corrected chi connectivity index (χ4v) is 2.46. The average molecular weight is 368 g/mol. The molecular formula is C25H35O2. The van der Waals surface area contributed by atoms with Gasteiger partial charge in [0.05, 0.1) is 0 Å². The van der Waals surface area contributed by atoms with Gasteiger partial charge in [0.15, 0.2) is 5.78 Å². The van der Waals surface area contributed by atoms with E-state index in [4.69, 9.17) is 0 Å². The van der Waals surface area contributed by atoms with Crippen molar-refractivity contribution < 1.29 is 12.4 Å². The van der Waals surface area contributed by atoms with Crippen LogP contribution < -0.4 is 0 Å². The first-order chi connectivity index (χ1) is 13.0. The summed E-state index contributed by atoms with van der Waals surface area (Å²) in [5.41, 5.74) is 4.61. The van der Waals surface area contributed by atoms with Crippen molar-refractivity contribution in [3.63, 3.8) is 0 Å². The van der Waals surface area contributed by atoms with Crippen LogP contribution in [0.5, 0.6) is 0 Å². The topological polar surface area (TPSA) is 34.1 Å². The van der Waals surface area contributed by atoms with Crippen molar-refractivity contribution in [1.29, 1.82) is 0 Å². The summed E-state index contributed by atoms with van der Waals surface area (Å²) in [5.74, 6) is 0.508. The van der Waals surface area contributed by atoms with Crippen LogP contribution in [0.25, 0.3) is 0 Å². The summed E-state index contributed by atoms with van der Waals surface area (Å²) in [6, 6.07) is 18.3. The Kier molecular flexibility index (Phi) is 10.7. The molecule has 0 amide bonds. The first-order valence-corrected chi connectivity index (χ1v) is 9.72. The highest BCUT2D eigenvalue weighted by Crippen LogP contribution is 2.20. The summed E-state index contributed by atoms with van der Waals surface area (Å²) in [4.78, 5) is 22.0. The molecule has 27 heavy (non-hydrogen) atoms. The Hall–Kier alpha value is -2.48. The van der Waals surface area contributed by atoms with E-state index in [0.29, 0.717) is 18.6 Å². The van der Waals surface area contributed by atoms with Crippen LogP contribution in [0.2, 0.25) is 0 Å². The molecule has 0 spiro atoms. The van der Waals surface area contributed by atoms with Gasteiger partial charge in [-0.3, -0.25) is 9.59 Å². The van der Waals surface area contributed by atoms with Gasteiger partial charge in [-0.15, -0.1) is 0 Å². The molecule has 0 atom stereocenters. The molecule has 0 saturated carbocycles. The van der Waals surface area contributed by atoms with Gasteiger partial charge in [-0.1, -0.05) is 80.1 Å². The molecule has 2 heteroatoms. The number of Topliss-reactive ketones (excluding diaryl/α,β-unsaturated/α-hetero) is 2. The first-order valence-electron chi connectivity index (χ1n) is 9.72. The van der Waals surface area contributed by atoms with Crippen LogP contribution >= 0.6 is 0 Å². The molecule has 0 saturated heterocycles. The molecule has 1 radical (unpaired) electrons. The molecular weight excluding hydrogens is 332 g/mol. The van der Waals surface area contributed by atoms with Crippen molar-refractivity contribution in [1.82, 2.24) is 0 Å². The second-order valence-corrected chi connectivity index (χ2v) is 6.42. The van der Waals surface area contributed by atoms with Crippen LogP contribution in [0.3, 0.4) is 0 Å². The predicted molar refractivity (Wildman–Crippen MR) is 118 cm³/mol. The van der Waals surface area contributed by atoms with E-state index in [1.807, 2.05) is 56.7 Å². The monoisotopic (exact) mass is 367 g/mol. The average Bonchev–Trinajstić information content (AvgIpc) is 3.51. The lowest BCUT2D eigenvalue weighted by Gasteiger charge is -2.00. The molecule has 0 bridgehead atoms. The highest BCUT2D eigenvalue weighted by atomic mass is 16.1. The fraction of sp³-hybridized carbons (Fsp3) is 0.320. The molecule has 2 aromatic carbocycles. The lowest BCUT2D eigenvalue weighted by atomic mass is 10.0. The van der Waals surface area contributed by atoms with Crippen LogP contribution in [0.4, 0.5) is 0 Å². The van der Waals surface area contributed by atoms with Gasteiger partial charge in [0.25, 0.3) is 0 Å². The Morgan fingerprint density at radius 3 is 2.00 bits per heavy atom. The molecule has 0 N–H and O–H groups in total. The van der Waals surface area contributed by atoms with Crippen molar-refractivity contribution >= 4 is 11.6 Å². The lowest BCUT2D eigenvalue weighted by molar-refractivity contribution is -0.116. The van der Waals surface area contributed by atoms with Gasteiger partial charge < -0.3 is 0 Å². The van der Waals surface area contributed by atoms with Crippen LogP contribution in [0.1, 0.15) is 53.2 Å². The molecule has 0 heterocycles. The summed E-state index contributed by atoms with van der Waals surface area (Å²) in [5, 5.41) is 0. The third-order valence-electron chi connectivity index (χ3n) is 3.94. The molecule has 0 fully saturated rings. The summed E-state index contributed by atoms with van der Waals surface area (Å²) >= 11 is 0. The number of allylic oxidation sites excluding steroid dienone is 2. The van der Waals surface area contributed by atoms with Crippen molar-refractivity contribution in [2.45, 2.75) is 53.4 Å². The number of hydrogen-bond acceptors (Lipinski definition) is 2. The number of rotatable bonds is 7. The maximum Gasteiger partial charge on any atom is 0.159 e. The van der Waals surface area contributed by atoms with E-state index in [2.05, 4.69) is 31.2 Å². The smallest absolute Gasteiger partial charge is 0.159 e. The normalized spacial score (nSPS) is 11.2. The van der Waals surface area contributed by atoms with Crippen LogP contribution in [0.15, 0.2) is 66.2 Å². The van der Waals surface area contributed by atoms with Crippen LogP contribution in [-0.4, -0.2) is 11.6 Å². The zero-order valence-corrected chi connectivity index (χ0v) is 17.0. The van der Waals surface area contributed by atoms with Gasteiger partial charge >= 0.3 is 0 Å². The minimum atomic E-state index is 0. The van der Waals surface area contributed by atoms with Gasteiger partial charge in [-0.25, -0.2) is 0 Å². The van der Waals surface area contributed by atoms with Gasteiger partial charge in [0.1, 0.15) is 5.78 Å². The van der Waals surface area contributed by atoms with Crippen molar-refractivity contribution in [2.24, 2.45) is 0 Å². The second kappa shape index (κ2) is 12.8. The van der Waals surface area contributed by atoms with Crippen molar-refractivity contribution in [3.8, 4) is 0 Å². The molecule has 1 aliphatic rings. The molecule has 0 aromatic heterocycles. The Morgan fingerprint density at radius 1 is 0.889 bits per heavy atom. The predicted octanol–water partition coefficient (Wildman–Crippen LogP) is 6.37. The molecule has 1 aliphatic carbocycles. The maximum atomic E-state index is 11.4. The van der Waals surface area contributed by atoms with E-state index >= 15 is 0 Å². The molecule has 2 nitrogen and oxygen atoms in total. The number of carbonyl (C=O) groups is 2. The fourth-order valence-electron chi connectivity index (χ4n) is 2.46. The molecule has 0 aliphatic heterocycles. The maximum absolute atomic E-state index is 11.4. The number of hydrogen-bond donors (Lipinski definition) is 0. The number of benzene rings is 2. The molecule has 0 unspecified atom stereocenters. The minimum absolute atomic E-state index is 0. The van der Waals surface area contributed by atoms with Gasteiger partial charge in [-0.05, 0) is 43.4 Å². The van der Waals surface area contributed by atoms with Gasteiger partial charge in [-0.2, -0.15) is 0 Å². The van der Waals surface area contributed by atoms with Crippen LogP contribution in [0, 0.1) is 13.3 Å². The molecule has 2 aromatic rings. The zero-order valence-electron chi connectivity index (χ0n) is 17.0. The minimum Gasteiger partial charge on any atom is -0.300 e. The Bertz CT molecular complexity index is 735. The van der Waals surface area contributed by atoms with E-state index in [-0.39, 0.29) is 8.64 Å². The Labute approximate surface area is 167 Å². The number of aryl methyl sites for hydroxylation is 2.